The standard InChI is InChI=1S/C11H15ClN2O/c12-7-11-9-15-6-5-14(11)8-10-1-3-13-4-2-10/h1-4,11H,5-9H2. The maximum absolute atomic E-state index is 5.91. The van der Waals surface area contributed by atoms with Crippen LogP contribution in [0.1, 0.15) is 5.56 Å². The number of rotatable bonds is 3. The molecule has 1 fully saturated rings. The minimum Gasteiger partial charge on any atom is -0.378 e. The highest BCUT2D eigenvalue weighted by atomic mass is 35.5. The highest BCUT2D eigenvalue weighted by Gasteiger charge is 2.21. The molecule has 82 valence electrons. The molecule has 0 saturated carbocycles. The predicted molar refractivity (Wildman–Crippen MR) is 60.0 cm³/mol. The lowest BCUT2D eigenvalue weighted by molar-refractivity contribution is -0.00304. The van der Waals surface area contributed by atoms with Gasteiger partial charge in [-0.3, -0.25) is 9.88 Å². The summed E-state index contributed by atoms with van der Waals surface area (Å²) >= 11 is 5.91. The smallest absolute Gasteiger partial charge is 0.0634 e. The molecule has 1 unspecified atom stereocenters. The van der Waals surface area contributed by atoms with Crippen molar-refractivity contribution < 1.29 is 4.74 Å². The Labute approximate surface area is 95.0 Å². The topological polar surface area (TPSA) is 25.4 Å². The molecule has 1 atom stereocenters. The van der Waals surface area contributed by atoms with Gasteiger partial charge in [0.25, 0.3) is 0 Å². The van der Waals surface area contributed by atoms with E-state index in [1.807, 2.05) is 24.5 Å². The summed E-state index contributed by atoms with van der Waals surface area (Å²) in [7, 11) is 0. The van der Waals surface area contributed by atoms with E-state index < -0.39 is 0 Å². The van der Waals surface area contributed by atoms with E-state index in [4.69, 9.17) is 16.3 Å². The molecule has 4 heteroatoms. The normalized spacial score (nSPS) is 22.9. The minimum absolute atomic E-state index is 0.341. The lowest BCUT2D eigenvalue weighted by atomic mass is 10.2. The Morgan fingerprint density at radius 3 is 3.00 bits per heavy atom. The number of aromatic nitrogens is 1. The summed E-state index contributed by atoms with van der Waals surface area (Å²) in [6.07, 6.45) is 3.65. The van der Waals surface area contributed by atoms with Crippen LogP contribution in [0.3, 0.4) is 0 Å². The molecular formula is C11H15ClN2O. The van der Waals surface area contributed by atoms with Crippen LogP contribution in [0.25, 0.3) is 0 Å². The van der Waals surface area contributed by atoms with Crippen LogP contribution in [-0.2, 0) is 11.3 Å². The number of alkyl halides is 1. The Hall–Kier alpha value is -0.640. The van der Waals surface area contributed by atoms with Crippen molar-refractivity contribution in [1.82, 2.24) is 9.88 Å². The lowest BCUT2D eigenvalue weighted by Gasteiger charge is -2.34. The van der Waals surface area contributed by atoms with Gasteiger partial charge in [0.15, 0.2) is 0 Å². The average Bonchev–Trinajstić information content (AvgIpc) is 2.31. The van der Waals surface area contributed by atoms with Crippen molar-refractivity contribution in [3.63, 3.8) is 0 Å². The van der Waals surface area contributed by atoms with Gasteiger partial charge in [-0.15, -0.1) is 11.6 Å². The lowest BCUT2D eigenvalue weighted by Crippen LogP contribution is -2.45. The summed E-state index contributed by atoms with van der Waals surface area (Å²) in [5.41, 5.74) is 1.28. The molecular weight excluding hydrogens is 212 g/mol. The predicted octanol–water partition coefficient (Wildman–Crippen LogP) is 1.52. The largest absolute Gasteiger partial charge is 0.378 e. The number of halogens is 1. The van der Waals surface area contributed by atoms with Gasteiger partial charge in [-0.25, -0.2) is 0 Å². The zero-order valence-electron chi connectivity index (χ0n) is 8.60. The van der Waals surface area contributed by atoms with Crippen LogP contribution in [0.4, 0.5) is 0 Å². The molecule has 0 amide bonds. The van der Waals surface area contributed by atoms with Crippen LogP contribution in [0.2, 0.25) is 0 Å². The van der Waals surface area contributed by atoms with Gasteiger partial charge in [-0.05, 0) is 17.7 Å². The highest BCUT2D eigenvalue weighted by molar-refractivity contribution is 6.18. The van der Waals surface area contributed by atoms with Crippen molar-refractivity contribution in [3.8, 4) is 0 Å². The van der Waals surface area contributed by atoms with Gasteiger partial charge in [-0.2, -0.15) is 0 Å². The SMILES string of the molecule is ClCC1COCCN1Cc1ccncc1. The number of ether oxygens (including phenoxy) is 1. The molecule has 1 saturated heterocycles. The zero-order chi connectivity index (χ0) is 10.5. The molecule has 0 aliphatic carbocycles. The van der Waals surface area contributed by atoms with Crippen LogP contribution in [0.5, 0.6) is 0 Å². The molecule has 0 spiro atoms. The van der Waals surface area contributed by atoms with Gasteiger partial charge in [0.05, 0.1) is 13.2 Å². The first-order valence-corrected chi connectivity index (χ1v) is 5.70. The number of hydrogen-bond donors (Lipinski definition) is 0. The zero-order valence-corrected chi connectivity index (χ0v) is 9.36. The summed E-state index contributed by atoms with van der Waals surface area (Å²) < 4.78 is 5.40. The quantitative estimate of drug-likeness (QED) is 0.731. The van der Waals surface area contributed by atoms with Gasteiger partial charge < -0.3 is 4.74 Å². The molecule has 0 bridgehead atoms. The van der Waals surface area contributed by atoms with Crippen molar-refractivity contribution in [2.75, 3.05) is 25.6 Å². The second kappa shape index (κ2) is 5.45. The Bertz CT molecular complexity index is 294. The Kier molecular flexibility index (Phi) is 3.94. The maximum Gasteiger partial charge on any atom is 0.0634 e. The van der Waals surface area contributed by atoms with E-state index in [0.29, 0.717) is 11.9 Å². The fourth-order valence-corrected chi connectivity index (χ4v) is 2.05. The van der Waals surface area contributed by atoms with Crippen LogP contribution in [0.15, 0.2) is 24.5 Å². The molecule has 15 heavy (non-hydrogen) atoms. The van der Waals surface area contributed by atoms with Gasteiger partial charge in [0.1, 0.15) is 0 Å². The van der Waals surface area contributed by atoms with E-state index in [9.17, 15) is 0 Å². The van der Waals surface area contributed by atoms with Crippen LogP contribution in [0, 0.1) is 0 Å². The van der Waals surface area contributed by atoms with E-state index >= 15 is 0 Å². The monoisotopic (exact) mass is 226 g/mol. The third kappa shape index (κ3) is 2.91. The van der Waals surface area contributed by atoms with E-state index in [1.54, 1.807) is 0 Å². The van der Waals surface area contributed by atoms with Gasteiger partial charge in [-0.1, -0.05) is 0 Å². The van der Waals surface area contributed by atoms with Crippen molar-refractivity contribution in [2.24, 2.45) is 0 Å². The third-order valence-corrected chi connectivity index (χ3v) is 3.02. The minimum atomic E-state index is 0.341. The van der Waals surface area contributed by atoms with E-state index in [1.165, 1.54) is 5.56 Å². The number of hydrogen-bond acceptors (Lipinski definition) is 3. The second-order valence-corrected chi connectivity index (χ2v) is 4.02. The van der Waals surface area contributed by atoms with Gasteiger partial charge in [0.2, 0.25) is 0 Å². The third-order valence-electron chi connectivity index (χ3n) is 2.66. The van der Waals surface area contributed by atoms with E-state index in [2.05, 4.69) is 9.88 Å². The summed E-state index contributed by atoms with van der Waals surface area (Å²) in [6.45, 7) is 3.44. The van der Waals surface area contributed by atoms with Gasteiger partial charge in [0, 0.05) is 37.4 Å². The Morgan fingerprint density at radius 1 is 1.47 bits per heavy atom. The first-order chi connectivity index (χ1) is 7.40. The molecule has 2 rings (SSSR count). The summed E-state index contributed by atoms with van der Waals surface area (Å²) in [4.78, 5) is 6.38. The van der Waals surface area contributed by atoms with Crippen molar-refractivity contribution >= 4 is 11.6 Å². The summed E-state index contributed by atoms with van der Waals surface area (Å²) in [6, 6.07) is 4.43. The molecule has 1 aliphatic rings. The van der Waals surface area contributed by atoms with E-state index in [0.717, 1.165) is 26.3 Å². The first-order valence-electron chi connectivity index (χ1n) is 5.17. The molecule has 0 aromatic carbocycles. The Morgan fingerprint density at radius 2 is 2.27 bits per heavy atom. The van der Waals surface area contributed by atoms with Crippen molar-refractivity contribution in [3.05, 3.63) is 30.1 Å². The highest BCUT2D eigenvalue weighted by Crippen LogP contribution is 2.12. The molecule has 2 heterocycles. The first kappa shape index (κ1) is 10.9. The number of nitrogens with zero attached hydrogens (tertiary/aromatic N) is 2. The summed E-state index contributed by atoms with van der Waals surface area (Å²) in [5, 5.41) is 0. The fraction of sp³-hybridized carbons (Fsp3) is 0.545. The number of morpholine rings is 1. The average molecular weight is 227 g/mol. The van der Waals surface area contributed by atoms with Crippen LogP contribution < -0.4 is 0 Å². The molecule has 0 N–H and O–H groups in total. The summed E-state index contributed by atoms with van der Waals surface area (Å²) in [5.74, 6) is 0.630. The van der Waals surface area contributed by atoms with E-state index in [-0.39, 0.29) is 0 Å². The molecule has 3 nitrogen and oxygen atoms in total. The molecule has 1 aromatic heterocycles. The fourth-order valence-electron chi connectivity index (χ4n) is 1.76. The van der Waals surface area contributed by atoms with Crippen molar-refractivity contribution in [1.29, 1.82) is 0 Å². The molecule has 1 aliphatic heterocycles. The van der Waals surface area contributed by atoms with Crippen molar-refractivity contribution in [2.45, 2.75) is 12.6 Å². The molecule has 1 aromatic rings. The number of pyridine rings is 1. The van der Waals surface area contributed by atoms with Gasteiger partial charge >= 0.3 is 0 Å². The second-order valence-electron chi connectivity index (χ2n) is 3.71. The van der Waals surface area contributed by atoms with Crippen LogP contribution in [-0.4, -0.2) is 41.6 Å². The Balaban J connectivity index is 1.97. The molecule has 0 radical (unpaired) electrons. The van der Waals surface area contributed by atoms with Crippen LogP contribution >= 0.6 is 11.6 Å². The maximum atomic E-state index is 5.91.